The fourth-order valence-corrected chi connectivity index (χ4v) is 3.32. The van der Waals surface area contributed by atoms with Gasteiger partial charge in [-0.25, -0.2) is 0 Å². The van der Waals surface area contributed by atoms with Gasteiger partial charge in [-0.15, -0.1) is 0 Å². The van der Waals surface area contributed by atoms with Crippen LogP contribution in [0.5, 0.6) is 0 Å². The molecule has 0 aromatic rings. The van der Waals surface area contributed by atoms with Gasteiger partial charge in [0.15, 0.2) is 0 Å². The van der Waals surface area contributed by atoms with Crippen LogP contribution in [0.2, 0.25) is 0 Å². The van der Waals surface area contributed by atoms with E-state index in [9.17, 15) is 10.1 Å². The number of nitrogens with one attached hydrogen (secondary N) is 1. The number of carbonyl (C=O) groups excluding carboxylic acids is 1. The largest absolute Gasteiger partial charge is 0.366 e. The van der Waals surface area contributed by atoms with Gasteiger partial charge in [-0.3, -0.25) is 4.79 Å². The lowest BCUT2D eigenvalue weighted by Crippen LogP contribution is -2.61. The molecule has 0 bridgehead atoms. The highest BCUT2D eigenvalue weighted by molar-refractivity contribution is 5.97. The van der Waals surface area contributed by atoms with Crippen LogP contribution in [0.15, 0.2) is 11.8 Å². The van der Waals surface area contributed by atoms with E-state index < -0.39 is 0 Å². The van der Waals surface area contributed by atoms with Gasteiger partial charge in [-0.2, -0.15) is 5.26 Å². The molecular formula is C16H28N4O. The van der Waals surface area contributed by atoms with Gasteiger partial charge in [0.05, 0.1) is 0 Å². The van der Waals surface area contributed by atoms with Crippen LogP contribution in [-0.2, 0) is 4.79 Å². The SMILES string of the molecule is CCCNC(=O)/C(C#N)=C\N1C(C)(C)CC(N)CC1(C)C. The van der Waals surface area contributed by atoms with Gasteiger partial charge in [0.1, 0.15) is 11.6 Å². The van der Waals surface area contributed by atoms with Gasteiger partial charge in [-0.1, -0.05) is 6.92 Å². The quantitative estimate of drug-likeness (QED) is 0.612. The maximum Gasteiger partial charge on any atom is 0.263 e. The summed E-state index contributed by atoms with van der Waals surface area (Å²) in [6, 6.07) is 2.16. The van der Waals surface area contributed by atoms with E-state index in [4.69, 9.17) is 5.73 Å². The minimum atomic E-state index is -0.305. The van der Waals surface area contributed by atoms with E-state index in [2.05, 4.69) is 37.9 Å². The minimum Gasteiger partial charge on any atom is -0.366 e. The Bertz CT molecular complexity index is 441. The summed E-state index contributed by atoms with van der Waals surface area (Å²) >= 11 is 0. The number of rotatable bonds is 4. The average molecular weight is 292 g/mol. The van der Waals surface area contributed by atoms with Gasteiger partial charge in [0.25, 0.3) is 5.91 Å². The Balaban J connectivity index is 3.07. The topological polar surface area (TPSA) is 82.2 Å². The lowest BCUT2D eigenvalue weighted by atomic mass is 9.77. The molecule has 0 unspecified atom stereocenters. The van der Waals surface area contributed by atoms with Crippen molar-refractivity contribution in [3.63, 3.8) is 0 Å². The van der Waals surface area contributed by atoms with E-state index in [1.165, 1.54) is 0 Å². The lowest BCUT2D eigenvalue weighted by molar-refractivity contribution is -0.117. The monoisotopic (exact) mass is 292 g/mol. The first-order valence-corrected chi connectivity index (χ1v) is 7.59. The second-order valence-electron chi connectivity index (χ2n) is 7.07. The fourth-order valence-electron chi connectivity index (χ4n) is 3.32. The Morgan fingerprint density at radius 3 is 2.33 bits per heavy atom. The smallest absolute Gasteiger partial charge is 0.263 e. The zero-order chi connectivity index (χ0) is 16.3. The van der Waals surface area contributed by atoms with Gasteiger partial charge in [0, 0.05) is 29.9 Å². The van der Waals surface area contributed by atoms with Crippen molar-refractivity contribution in [2.24, 2.45) is 5.73 Å². The van der Waals surface area contributed by atoms with Gasteiger partial charge < -0.3 is 16.0 Å². The Hall–Kier alpha value is -1.54. The predicted octanol–water partition coefficient (Wildman–Crippen LogP) is 1.90. The number of hydrogen-bond acceptors (Lipinski definition) is 4. The average Bonchev–Trinajstić information content (AvgIpc) is 2.33. The summed E-state index contributed by atoms with van der Waals surface area (Å²) in [5.41, 5.74) is 5.93. The molecule has 5 nitrogen and oxygen atoms in total. The first kappa shape index (κ1) is 17.5. The van der Waals surface area contributed by atoms with Gasteiger partial charge in [-0.05, 0) is 47.0 Å². The molecule has 0 aliphatic carbocycles. The summed E-state index contributed by atoms with van der Waals surface area (Å²) in [4.78, 5) is 14.2. The van der Waals surface area contributed by atoms with Crippen LogP contribution in [0.25, 0.3) is 0 Å². The Labute approximate surface area is 128 Å². The zero-order valence-electron chi connectivity index (χ0n) is 13.9. The molecule has 0 aromatic carbocycles. The third-order valence-corrected chi connectivity index (χ3v) is 3.99. The normalized spacial score (nSPS) is 21.8. The molecule has 3 N–H and O–H groups in total. The Morgan fingerprint density at radius 1 is 1.38 bits per heavy atom. The first-order valence-electron chi connectivity index (χ1n) is 7.59. The maximum absolute atomic E-state index is 12.0. The zero-order valence-corrected chi connectivity index (χ0v) is 13.9. The van der Waals surface area contributed by atoms with Crippen LogP contribution in [0, 0.1) is 11.3 Å². The van der Waals surface area contributed by atoms with Crippen LogP contribution in [0.4, 0.5) is 0 Å². The Kier molecular flexibility index (Phi) is 5.41. The highest BCUT2D eigenvalue weighted by Crippen LogP contribution is 2.38. The summed E-state index contributed by atoms with van der Waals surface area (Å²) in [5, 5.41) is 12.0. The molecule has 1 fully saturated rings. The molecule has 0 aromatic heterocycles. The van der Waals surface area contributed by atoms with Crippen LogP contribution in [0.1, 0.15) is 53.9 Å². The van der Waals surface area contributed by atoms with Crippen LogP contribution >= 0.6 is 0 Å². The first-order chi connectivity index (χ1) is 9.64. The third kappa shape index (κ3) is 4.21. The van der Waals surface area contributed by atoms with Crippen molar-refractivity contribution in [3.8, 4) is 6.07 Å². The number of amides is 1. The molecule has 21 heavy (non-hydrogen) atoms. The van der Waals surface area contributed by atoms with Gasteiger partial charge >= 0.3 is 0 Å². The van der Waals surface area contributed by atoms with Crippen LogP contribution < -0.4 is 11.1 Å². The summed E-state index contributed by atoms with van der Waals surface area (Å²) in [6.45, 7) is 11.0. The molecule has 118 valence electrons. The molecule has 1 saturated heterocycles. The van der Waals surface area contributed by atoms with E-state index in [0.29, 0.717) is 6.54 Å². The third-order valence-electron chi connectivity index (χ3n) is 3.99. The highest BCUT2D eigenvalue weighted by atomic mass is 16.1. The number of nitriles is 1. The fraction of sp³-hybridized carbons (Fsp3) is 0.750. The van der Waals surface area contributed by atoms with Crippen molar-refractivity contribution >= 4 is 5.91 Å². The molecule has 0 atom stereocenters. The van der Waals surface area contributed by atoms with E-state index in [1.807, 2.05) is 13.0 Å². The number of piperidine rings is 1. The van der Waals surface area contributed by atoms with Crippen molar-refractivity contribution in [2.45, 2.75) is 71.0 Å². The van der Waals surface area contributed by atoms with Crippen molar-refractivity contribution in [2.75, 3.05) is 6.54 Å². The maximum atomic E-state index is 12.0. The minimum absolute atomic E-state index is 0.138. The van der Waals surface area contributed by atoms with Crippen molar-refractivity contribution in [1.29, 1.82) is 5.26 Å². The Morgan fingerprint density at radius 2 is 1.90 bits per heavy atom. The number of carbonyl (C=O) groups is 1. The van der Waals surface area contributed by atoms with Crippen molar-refractivity contribution in [1.82, 2.24) is 10.2 Å². The van der Waals surface area contributed by atoms with E-state index in [0.717, 1.165) is 19.3 Å². The van der Waals surface area contributed by atoms with E-state index in [1.54, 1.807) is 6.20 Å². The molecule has 1 amide bonds. The molecule has 1 aliphatic rings. The standard InChI is InChI=1S/C16H28N4O/c1-6-7-19-14(21)12(10-17)11-20-15(2,3)8-13(18)9-16(20,4)5/h11,13H,6-9,18H2,1-5H3,(H,19,21)/b12-11-. The molecule has 1 aliphatic heterocycles. The molecule has 0 saturated carbocycles. The van der Waals surface area contributed by atoms with Crippen LogP contribution in [0.3, 0.4) is 0 Å². The number of nitrogens with zero attached hydrogens (tertiary/aromatic N) is 2. The van der Waals surface area contributed by atoms with Crippen LogP contribution in [-0.4, -0.2) is 34.5 Å². The summed E-state index contributed by atoms with van der Waals surface area (Å²) in [6.07, 6.45) is 4.22. The number of likely N-dealkylation sites (tertiary alicyclic amines) is 1. The second-order valence-corrected chi connectivity index (χ2v) is 7.07. The summed E-state index contributed by atoms with van der Waals surface area (Å²) in [7, 11) is 0. The highest BCUT2D eigenvalue weighted by Gasteiger charge is 2.43. The lowest BCUT2D eigenvalue weighted by Gasteiger charge is -2.54. The molecule has 1 heterocycles. The summed E-state index contributed by atoms with van der Waals surface area (Å²) in [5.74, 6) is -0.305. The predicted molar refractivity (Wildman–Crippen MR) is 84.2 cm³/mol. The second kappa shape index (κ2) is 6.48. The number of nitrogens with two attached hydrogens (primary N) is 1. The molecule has 0 radical (unpaired) electrons. The van der Waals surface area contributed by atoms with E-state index >= 15 is 0 Å². The molecular weight excluding hydrogens is 264 g/mol. The van der Waals surface area contributed by atoms with Gasteiger partial charge in [0.2, 0.25) is 0 Å². The summed E-state index contributed by atoms with van der Waals surface area (Å²) < 4.78 is 0. The van der Waals surface area contributed by atoms with E-state index in [-0.39, 0.29) is 28.6 Å². The molecule has 1 rings (SSSR count). The molecule has 5 heteroatoms. The molecule has 0 spiro atoms. The number of hydrogen-bond donors (Lipinski definition) is 2. The van der Waals surface area contributed by atoms with Crippen molar-refractivity contribution in [3.05, 3.63) is 11.8 Å². The van der Waals surface area contributed by atoms with Crippen molar-refractivity contribution < 1.29 is 4.79 Å².